The van der Waals surface area contributed by atoms with Gasteiger partial charge in [0, 0.05) is 12.3 Å². The first-order valence-corrected chi connectivity index (χ1v) is 3.95. The average molecular weight is 177 g/mol. The van der Waals surface area contributed by atoms with Crippen molar-refractivity contribution in [2.45, 2.75) is 0 Å². The molecular weight excluding hydrogens is 170 g/mol. The van der Waals surface area contributed by atoms with Crippen molar-refractivity contribution in [1.82, 2.24) is 15.0 Å². The normalized spacial score (nSPS) is 10.0. The molecule has 12 heavy (non-hydrogen) atoms. The Morgan fingerprint density at radius 2 is 2.17 bits per heavy atom. The third-order valence-electron chi connectivity index (χ3n) is 1.57. The van der Waals surface area contributed by atoms with Gasteiger partial charge in [-0.2, -0.15) is 0 Å². The molecule has 0 spiro atoms. The van der Waals surface area contributed by atoms with Gasteiger partial charge in [0.15, 0.2) is 0 Å². The van der Waals surface area contributed by atoms with E-state index in [4.69, 9.17) is 12.2 Å². The zero-order valence-corrected chi connectivity index (χ0v) is 7.06. The predicted molar refractivity (Wildman–Crippen MR) is 49.2 cm³/mol. The van der Waals surface area contributed by atoms with Crippen LogP contribution in [-0.2, 0) is 0 Å². The van der Waals surface area contributed by atoms with Crippen molar-refractivity contribution in [3.05, 3.63) is 35.4 Å². The fraction of sp³-hybridized carbons (Fsp3) is 0. The maximum atomic E-state index is 4.93. The summed E-state index contributed by atoms with van der Waals surface area (Å²) in [5.74, 6) is 0. The minimum atomic E-state index is 0.596. The van der Waals surface area contributed by atoms with Crippen LogP contribution in [0.4, 0.5) is 0 Å². The van der Waals surface area contributed by atoms with Gasteiger partial charge in [-0.05, 0) is 12.1 Å². The number of H-pyrrole nitrogens is 2. The Bertz CT molecular complexity index is 416. The number of aromatic amines is 2. The highest BCUT2D eigenvalue weighted by molar-refractivity contribution is 7.71. The lowest BCUT2D eigenvalue weighted by Crippen LogP contribution is -1.84. The van der Waals surface area contributed by atoms with Gasteiger partial charge in [0.05, 0.1) is 17.7 Å². The number of nitrogens with zero attached hydrogens (tertiary/aromatic N) is 1. The molecule has 0 amide bonds. The van der Waals surface area contributed by atoms with Gasteiger partial charge in [0.1, 0.15) is 4.64 Å². The van der Waals surface area contributed by atoms with Crippen molar-refractivity contribution < 1.29 is 0 Å². The van der Waals surface area contributed by atoms with Crippen LogP contribution >= 0.6 is 12.2 Å². The number of aromatic nitrogens is 3. The first-order valence-electron chi connectivity index (χ1n) is 3.55. The van der Waals surface area contributed by atoms with Gasteiger partial charge in [-0.1, -0.05) is 12.2 Å². The van der Waals surface area contributed by atoms with Gasteiger partial charge in [-0.3, -0.25) is 0 Å². The summed E-state index contributed by atoms with van der Waals surface area (Å²) in [7, 11) is 0. The van der Waals surface area contributed by atoms with Gasteiger partial charge in [-0.25, -0.2) is 4.98 Å². The highest BCUT2D eigenvalue weighted by Gasteiger charge is 1.95. The summed E-state index contributed by atoms with van der Waals surface area (Å²) in [5, 5.41) is 0. The van der Waals surface area contributed by atoms with Gasteiger partial charge in [0.2, 0.25) is 0 Å². The molecule has 0 fully saturated rings. The molecule has 0 aliphatic rings. The second-order valence-electron chi connectivity index (χ2n) is 2.38. The van der Waals surface area contributed by atoms with Gasteiger partial charge < -0.3 is 9.97 Å². The molecule has 0 saturated heterocycles. The second kappa shape index (κ2) is 2.91. The summed E-state index contributed by atoms with van der Waals surface area (Å²) >= 11 is 4.93. The highest BCUT2D eigenvalue weighted by atomic mass is 32.1. The Balaban J connectivity index is 2.55. The van der Waals surface area contributed by atoms with Crippen LogP contribution in [0.5, 0.6) is 0 Å². The lowest BCUT2D eigenvalue weighted by Gasteiger charge is -1.95. The molecule has 0 aromatic carbocycles. The largest absolute Gasteiger partial charge is 0.360 e. The first kappa shape index (κ1) is 7.24. The van der Waals surface area contributed by atoms with Crippen LogP contribution in [0.3, 0.4) is 0 Å². The molecule has 2 rings (SSSR count). The lowest BCUT2D eigenvalue weighted by atomic mass is 10.3. The smallest absolute Gasteiger partial charge is 0.130 e. The number of hydrogen-bond donors (Lipinski definition) is 2. The van der Waals surface area contributed by atoms with E-state index in [-0.39, 0.29) is 0 Å². The Morgan fingerprint density at radius 3 is 2.83 bits per heavy atom. The molecule has 3 nitrogen and oxygen atoms in total. The van der Waals surface area contributed by atoms with Gasteiger partial charge in [0.25, 0.3) is 0 Å². The van der Waals surface area contributed by atoms with Crippen LogP contribution in [0.25, 0.3) is 11.4 Å². The van der Waals surface area contributed by atoms with E-state index < -0.39 is 0 Å². The minimum Gasteiger partial charge on any atom is -0.360 e. The van der Waals surface area contributed by atoms with Crippen molar-refractivity contribution in [3.63, 3.8) is 0 Å². The predicted octanol–water partition coefficient (Wildman–Crippen LogP) is 2.13. The van der Waals surface area contributed by atoms with Crippen LogP contribution in [-0.4, -0.2) is 15.0 Å². The summed E-state index contributed by atoms with van der Waals surface area (Å²) < 4.78 is 0.596. The van der Waals surface area contributed by atoms with Crippen molar-refractivity contribution in [2.75, 3.05) is 0 Å². The molecule has 60 valence electrons. The van der Waals surface area contributed by atoms with Crippen molar-refractivity contribution in [3.8, 4) is 11.4 Å². The fourth-order valence-corrected chi connectivity index (χ4v) is 1.19. The Labute approximate surface area is 74.5 Å². The van der Waals surface area contributed by atoms with Crippen LogP contribution in [0.1, 0.15) is 0 Å². The molecule has 2 heterocycles. The molecule has 0 bridgehead atoms. The minimum absolute atomic E-state index is 0.596. The number of rotatable bonds is 1. The molecule has 0 saturated carbocycles. The van der Waals surface area contributed by atoms with E-state index in [0.717, 1.165) is 11.4 Å². The summed E-state index contributed by atoms with van der Waals surface area (Å²) in [5.41, 5.74) is 1.98. The molecule has 0 radical (unpaired) electrons. The molecule has 0 unspecified atom stereocenters. The molecule has 0 atom stereocenters. The monoisotopic (exact) mass is 177 g/mol. The maximum Gasteiger partial charge on any atom is 0.130 e. The van der Waals surface area contributed by atoms with Crippen LogP contribution in [0.15, 0.2) is 30.7 Å². The standard InChI is InChI=1S/C8H7N3S/c12-8-4-7(10-5-11-8)6-2-1-3-9-6/h1-5,9H,(H,10,11,12). The average Bonchev–Trinajstić information content (AvgIpc) is 2.56. The van der Waals surface area contributed by atoms with E-state index in [9.17, 15) is 0 Å². The zero-order chi connectivity index (χ0) is 8.39. The van der Waals surface area contributed by atoms with E-state index in [0.29, 0.717) is 4.64 Å². The van der Waals surface area contributed by atoms with E-state index in [1.807, 2.05) is 24.4 Å². The van der Waals surface area contributed by atoms with Gasteiger partial charge in [-0.15, -0.1) is 0 Å². The van der Waals surface area contributed by atoms with E-state index in [1.54, 1.807) is 6.33 Å². The third kappa shape index (κ3) is 1.29. The lowest BCUT2D eigenvalue weighted by molar-refractivity contribution is 1.14. The highest BCUT2D eigenvalue weighted by Crippen LogP contribution is 2.11. The van der Waals surface area contributed by atoms with Crippen molar-refractivity contribution in [1.29, 1.82) is 0 Å². The molecule has 2 aromatic rings. The molecule has 4 heteroatoms. The van der Waals surface area contributed by atoms with Crippen LogP contribution in [0.2, 0.25) is 0 Å². The maximum absolute atomic E-state index is 4.93. The third-order valence-corrected chi connectivity index (χ3v) is 1.79. The number of hydrogen-bond acceptors (Lipinski definition) is 2. The quantitative estimate of drug-likeness (QED) is 0.655. The fourth-order valence-electron chi connectivity index (χ4n) is 1.02. The molecule has 0 aliphatic carbocycles. The Kier molecular flexibility index (Phi) is 1.75. The number of nitrogens with one attached hydrogen (secondary N) is 2. The summed E-state index contributed by atoms with van der Waals surface area (Å²) in [6.45, 7) is 0. The van der Waals surface area contributed by atoms with Gasteiger partial charge >= 0.3 is 0 Å². The van der Waals surface area contributed by atoms with Crippen LogP contribution < -0.4 is 0 Å². The summed E-state index contributed by atoms with van der Waals surface area (Å²) in [4.78, 5) is 9.97. The van der Waals surface area contributed by atoms with Crippen LogP contribution in [0, 0.1) is 4.64 Å². The molecule has 2 N–H and O–H groups in total. The molecule has 2 aromatic heterocycles. The first-order chi connectivity index (χ1) is 5.86. The van der Waals surface area contributed by atoms with Crippen molar-refractivity contribution >= 4 is 12.2 Å². The topological polar surface area (TPSA) is 44.5 Å². The van der Waals surface area contributed by atoms with Crippen molar-refractivity contribution in [2.24, 2.45) is 0 Å². The summed E-state index contributed by atoms with van der Waals surface area (Å²) in [6.07, 6.45) is 3.46. The SMILES string of the molecule is S=c1cc(-c2ccc[nH]2)[nH]cn1. The van der Waals surface area contributed by atoms with E-state index in [1.165, 1.54) is 0 Å². The second-order valence-corrected chi connectivity index (χ2v) is 2.80. The molecular formula is C8H7N3S. The Hall–Kier alpha value is -1.42. The Morgan fingerprint density at radius 1 is 1.25 bits per heavy atom. The zero-order valence-electron chi connectivity index (χ0n) is 6.24. The van der Waals surface area contributed by atoms with E-state index >= 15 is 0 Å². The van der Waals surface area contributed by atoms with E-state index in [2.05, 4.69) is 15.0 Å². The summed E-state index contributed by atoms with van der Waals surface area (Å²) in [6, 6.07) is 5.73. The molecule has 0 aliphatic heterocycles.